The average molecular weight is 218 g/mol. The number of hydrogen-bond acceptors (Lipinski definition) is 2. The van der Waals surface area contributed by atoms with E-state index in [1.54, 1.807) is 0 Å². The van der Waals surface area contributed by atoms with Gasteiger partial charge in [0.2, 0.25) is 0 Å². The molecule has 86 valence electrons. The molecule has 2 unspecified atom stereocenters. The van der Waals surface area contributed by atoms with E-state index < -0.39 is 0 Å². The SMILES string of the molecule is CCC(C)C(O)Cn1ncc2ccccc21. The van der Waals surface area contributed by atoms with E-state index in [0.717, 1.165) is 17.3 Å². The summed E-state index contributed by atoms with van der Waals surface area (Å²) in [6, 6.07) is 8.07. The van der Waals surface area contributed by atoms with E-state index in [0.29, 0.717) is 12.5 Å². The Morgan fingerprint density at radius 3 is 2.88 bits per heavy atom. The zero-order chi connectivity index (χ0) is 11.5. The Kier molecular flexibility index (Phi) is 3.25. The normalized spacial score (nSPS) is 15.2. The van der Waals surface area contributed by atoms with Gasteiger partial charge in [0.1, 0.15) is 0 Å². The largest absolute Gasteiger partial charge is 0.391 e. The molecule has 0 aliphatic rings. The minimum atomic E-state index is -0.326. The van der Waals surface area contributed by atoms with Crippen LogP contribution in [0, 0.1) is 5.92 Å². The highest BCUT2D eigenvalue weighted by atomic mass is 16.3. The molecule has 1 aromatic heterocycles. The monoisotopic (exact) mass is 218 g/mol. The van der Waals surface area contributed by atoms with Crippen molar-refractivity contribution in [3.8, 4) is 0 Å². The van der Waals surface area contributed by atoms with Gasteiger partial charge >= 0.3 is 0 Å². The van der Waals surface area contributed by atoms with Crippen LogP contribution in [-0.2, 0) is 6.54 Å². The van der Waals surface area contributed by atoms with E-state index in [4.69, 9.17) is 0 Å². The Bertz CT molecular complexity index is 464. The summed E-state index contributed by atoms with van der Waals surface area (Å²) in [4.78, 5) is 0. The van der Waals surface area contributed by atoms with Crippen LogP contribution in [0.3, 0.4) is 0 Å². The van der Waals surface area contributed by atoms with E-state index in [1.165, 1.54) is 0 Å². The summed E-state index contributed by atoms with van der Waals surface area (Å²) in [5.41, 5.74) is 1.09. The van der Waals surface area contributed by atoms with Crippen molar-refractivity contribution in [2.75, 3.05) is 0 Å². The number of para-hydroxylation sites is 1. The van der Waals surface area contributed by atoms with Crippen molar-refractivity contribution in [2.45, 2.75) is 32.9 Å². The van der Waals surface area contributed by atoms with Crippen LogP contribution in [0.25, 0.3) is 10.9 Å². The lowest BCUT2D eigenvalue weighted by molar-refractivity contribution is 0.0942. The van der Waals surface area contributed by atoms with Crippen molar-refractivity contribution in [1.29, 1.82) is 0 Å². The van der Waals surface area contributed by atoms with Crippen LogP contribution in [0.2, 0.25) is 0 Å². The van der Waals surface area contributed by atoms with Gasteiger partial charge in [0.15, 0.2) is 0 Å². The number of fused-ring (bicyclic) bond motifs is 1. The predicted molar refractivity (Wildman–Crippen MR) is 65.2 cm³/mol. The van der Waals surface area contributed by atoms with E-state index in [1.807, 2.05) is 35.1 Å². The van der Waals surface area contributed by atoms with Gasteiger partial charge in [0, 0.05) is 5.39 Å². The van der Waals surface area contributed by atoms with Gasteiger partial charge in [-0.3, -0.25) is 4.68 Å². The molecule has 0 aliphatic heterocycles. The molecule has 16 heavy (non-hydrogen) atoms. The summed E-state index contributed by atoms with van der Waals surface area (Å²) in [5.74, 6) is 0.308. The highest BCUT2D eigenvalue weighted by molar-refractivity contribution is 5.78. The molecule has 3 heteroatoms. The van der Waals surface area contributed by atoms with E-state index in [2.05, 4.69) is 18.9 Å². The van der Waals surface area contributed by atoms with Crippen molar-refractivity contribution in [3.05, 3.63) is 30.5 Å². The second-order valence-electron chi connectivity index (χ2n) is 4.34. The van der Waals surface area contributed by atoms with Crippen molar-refractivity contribution >= 4 is 10.9 Å². The summed E-state index contributed by atoms with van der Waals surface area (Å²) in [6.07, 6.45) is 2.51. The summed E-state index contributed by atoms with van der Waals surface area (Å²) < 4.78 is 1.88. The quantitative estimate of drug-likeness (QED) is 0.856. The Hall–Kier alpha value is -1.35. The van der Waals surface area contributed by atoms with Crippen LogP contribution in [0.1, 0.15) is 20.3 Å². The molecule has 0 saturated carbocycles. The summed E-state index contributed by atoms with van der Waals surface area (Å²) >= 11 is 0. The molecule has 3 nitrogen and oxygen atoms in total. The third-order valence-electron chi connectivity index (χ3n) is 3.21. The molecule has 0 radical (unpaired) electrons. The third kappa shape index (κ3) is 2.09. The molecule has 2 atom stereocenters. The predicted octanol–water partition coefficient (Wildman–Crippen LogP) is 2.44. The Labute approximate surface area is 95.7 Å². The maximum absolute atomic E-state index is 9.99. The van der Waals surface area contributed by atoms with Crippen LogP contribution >= 0.6 is 0 Å². The number of rotatable bonds is 4. The molecule has 2 rings (SSSR count). The van der Waals surface area contributed by atoms with Gasteiger partial charge in [0.05, 0.1) is 24.4 Å². The number of hydrogen-bond donors (Lipinski definition) is 1. The molecule has 1 heterocycles. The van der Waals surface area contributed by atoms with Gasteiger partial charge in [-0.2, -0.15) is 5.10 Å². The summed E-state index contributed by atoms with van der Waals surface area (Å²) in [7, 11) is 0. The zero-order valence-electron chi connectivity index (χ0n) is 9.80. The van der Waals surface area contributed by atoms with Gasteiger partial charge < -0.3 is 5.11 Å². The van der Waals surface area contributed by atoms with Crippen LogP contribution in [0.15, 0.2) is 30.5 Å². The Morgan fingerprint density at radius 1 is 1.38 bits per heavy atom. The molecule has 2 aromatic rings. The first-order valence-corrected chi connectivity index (χ1v) is 5.81. The van der Waals surface area contributed by atoms with Crippen LogP contribution in [-0.4, -0.2) is 21.0 Å². The number of aromatic nitrogens is 2. The maximum atomic E-state index is 9.99. The maximum Gasteiger partial charge on any atom is 0.0761 e. The van der Waals surface area contributed by atoms with Crippen molar-refractivity contribution in [3.63, 3.8) is 0 Å². The molecular weight excluding hydrogens is 200 g/mol. The highest BCUT2D eigenvalue weighted by Gasteiger charge is 2.14. The smallest absolute Gasteiger partial charge is 0.0761 e. The van der Waals surface area contributed by atoms with Crippen molar-refractivity contribution in [1.82, 2.24) is 9.78 Å². The van der Waals surface area contributed by atoms with E-state index >= 15 is 0 Å². The molecule has 1 N–H and O–H groups in total. The van der Waals surface area contributed by atoms with E-state index in [9.17, 15) is 5.11 Å². The summed E-state index contributed by atoms with van der Waals surface area (Å²) in [6.45, 7) is 4.73. The minimum absolute atomic E-state index is 0.308. The second kappa shape index (κ2) is 4.66. The zero-order valence-corrected chi connectivity index (χ0v) is 9.80. The molecule has 0 amide bonds. The standard InChI is InChI=1S/C13H18N2O/c1-3-10(2)13(16)9-15-12-7-5-4-6-11(12)8-14-15/h4-8,10,13,16H,3,9H2,1-2H3. The lowest BCUT2D eigenvalue weighted by atomic mass is 10.0. The highest BCUT2D eigenvalue weighted by Crippen LogP contribution is 2.15. The van der Waals surface area contributed by atoms with Gasteiger partial charge in [-0.1, -0.05) is 38.5 Å². The summed E-state index contributed by atoms with van der Waals surface area (Å²) in [5, 5.41) is 15.4. The van der Waals surface area contributed by atoms with Gasteiger partial charge in [-0.25, -0.2) is 0 Å². The Morgan fingerprint density at radius 2 is 2.12 bits per heavy atom. The fraction of sp³-hybridized carbons (Fsp3) is 0.462. The number of aliphatic hydroxyl groups excluding tert-OH is 1. The first-order chi connectivity index (χ1) is 7.72. The fourth-order valence-electron chi connectivity index (χ4n) is 1.80. The first kappa shape index (κ1) is 11.1. The molecule has 1 aromatic carbocycles. The molecule has 0 aliphatic carbocycles. The van der Waals surface area contributed by atoms with E-state index in [-0.39, 0.29) is 6.10 Å². The average Bonchev–Trinajstić information content (AvgIpc) is 2.72. The van der Waals surface area contributed by atoms with Crippen molar-refractivity contribution in [2.24, 2.45) is 5.92 Å². The topological polar surface area (TPSA) is 38.0 Å². The number of benzene rings is 1. The van der Waals surface area contributed by atoms with Gasteiger partial charge in [0.25, 0.3) is 0 Å². The lowest BCUT2D eigenvalue weighted by Crippen LogP contribution is -2.23. The number of aliphatic hydroxyl groups is 1. The van der Waals surface area contributed by atoms with Crippen LogP contribution in [0.5, 0.6) is 0 Å². The lowest BCUT2D eigenvalue weighted by Gasteiger charge is -2.17. The fourth-order valence-corrected chi connectivity index (χ4v) is 1.80. The van der Waals surface area contributed by atoms with Crippen LogP contribution < -0.4 is 0 Å². The number of nitrogens with zero attached hydrogens (tertiary/aromatic N) is 2. The van der Waals surface area contributed by atoms with Gasteiger partial charge in [-0.15, -0.1) is 0 Å². The third-order valence-corrected chi connectivity index (χ3v) is 3.21. The molecule has 0 bridgehead atoms. The van der Waals surface area contributed by atoms with Crippen LogP contribution in [0.4, 0.5) is 0 Å². The molecule has 0 saturated heterocycles. The molecular formula is C13H18N2O. The second-order valence-corrected chi connectivity index (χ2v) is 4.34. The van der Waals surface area contributed by atoms with Crippen molar-refractivity contribution < 1.29 is 5.11 Å². The minimum Gasteiger partial charge on any atom is -0.391 e. The Balaban J connectivity index is 2.21. The molecule has 0 spiro atoms. The molecule has 0 fully saturated rings. The first-order valence-electron chi connectivity index (χ1n) is 5.81. The van der Waals surface area contributed by atoms with Gasteiger partial charge in [-0.05, 0) is 12.0 Å².